The number of nitrogens with zero attached hydrogens (tertiary/aromatic N) is 1. The van der Waals surface area contributed by atoms with Crippen molar-refractivity contribution in [3.63, 3.8) is 0 Å². The highest BCUT2D eigenvalue weighted by atomic mass is 16.3. The number of guanidine groups is 1. The van der Waals surface area contributed by atoms with Gasteiger partial charge in [0, 0.05) is 26.6 Å². The standard InChI is InChI=1S/C16H28N4O2/c1-5-9-18-15(19-10-8-13-7-6-11-22-13)20-12-16(2,3)14(21)17-4/h6-7,11H,5,8-10,12H2,1-4H3,(H,17,21)(H2,18,19,20). The molecule has 0 spiro atoms. The Labute approximate surface area is 132 Å². The monoisotopic (exact) mass is 308 g/mol. The van der Waals surface area contributed by atoms with Crippen molar-refractivity contribution in [1.29, 1.82) is 0 Å². The summed E-state index contributed by atoms with van der Waals surface area (Å²) in [6.07, 6.45) is 3.47. The molecule has 1 rings (SSSR count). The molecule has 0 fully saturated rings. The molecule has 0 aliphatic rings. The Balaban J connectivity index is 2.54. The van der Waals surface area contributed by atoms with Crippen LogP contribution < -0.4 is 16.0 Å². The molecule has 0 unspecified atom stereocenters. The number of rotatable bonds is 8. The fraction of sp³-hybridized carbons (Fsp3) is 0.625. The molecule has 22 heavy (non-hydrogen) atoms. The van der Waals surface area contributed by atoms with Crippen LogP contribution in [0.3, 0.4) is 0 Å². The van der Waals surface area contributed by atoms with E-state index in [0.29, 0.717) is 6.54 Å². The molecule has 3 N–H and O–H groups in total. The smallest absolute Gasteiger partial charge is 0.227 e. The van der Waals surface area contributed by atoms with Crippen LogP contribution in [-0.4, -0.2) is 38.5 Å². The van der Waals surface area contributed by atoms with Crippen molar-refractivity contribution in [1.82, 2.24) is 16.0 Å². The first-order valence-corrected chi connectivity index (χ1v) is 7.76. The minimum absolute atomic E-state index is 0.0123. The van der Waals surface area contributed by atoms with Gasteiger partial charge in [0.2, 0.25) is 5.91 Å². The molecule has 124 valence electrons. The topological polar surface area (TPSA) is 78.7 Å². The van der Waals surface area contributed by atoms with E-state index >= 15 is 0 Å². The Kier molecular flexibility index (Phi) is 7.49. The zero-order valence-corrected chi connectivity index (χ0v) is 14.0. The maximum absolute atomic E-state index is 11.8. The molecule has 1 amide bonds. The maximum Gasteiger partial charge on any atom is 0.227 e. The number of hydrogen-bond donors (Lipinski definition) is 3. The second-order valence-electron chi connectivity index (χ2n) is 5.81. The average molecular weight is 308 g/mol. The van der Waals surface area contributed by atoms with Crippen LogP contribution in [-0.2, 0) is 11.2 Å². The summed E-state index contributed by atoms with van der Waals surface area (Å²) in [4.78, 5) is 16.3. The second kappa shape index (κ2) is 9.12. The summed E-state index contributed by atoms with van der Waals surface area (Å²) in [6.45, 7) is 7.86. The molecule has 1 aromatic rings. The third-order valence-corrected chi connectivity index (χ3v) is 3.26. The van der Waals surface area contributed by atoms with Crippen molar-refractivity contribution in [3.8, 4) is 0 Å². The lowest BCUT2D eigenvalue weighted by atomic mass is 9.93. The number of furan rings is 1. The first-order valence-electron chi connectivity index (χ1n) is 7.76. The predicted octanol–water partition coefficient (Wildman–Crippen LogP) is 1.54. The Morgan fingerprint density at radius 2 is 2.05 bits per heavy atom. The minimum Gasteiger partial charge on any atom is -0.469 e. The predicted molar refractivity (Wildman–Crippen MR) is 88.9 cm³/mol. The molecule has 0 aliphatic heterocycles. The van der Waals surface area contributed by atoms with E-state index in [4.69, 9.17) is 4.42 Å². The Morgan fingerprint density at radius 1 is 1.32 bits per heavy atom. The van der Waals surface area contributed by atoms with Gasteiger partial charge in [0.05, 0.1) is 18.2 Å². The van der Waals surface area contributed by atoms with E-state index in [9.17, 15) is 4.79 Å². The third-order valence-electron chi connectivity index (χ3n) is 3.26. The number of hydrogen-bond acceptors (Lipinski definition) is 3. The summed E-state index contributed by atoms with van der Waals surface area (Å²) in [5.41, 5.74) is -0.531. The van der Waals surface area contributed by atoms with Gasteiger partial charge >= 0.3 is 0 Å². The molecule has 0 saturated heterocycles. The summed E-state index contributed by atoms with van der Waals surface area (Å²) in [7, 11) is 1.64. The molecule has 0 aromatic carbocycles. The molecule has 0 radical (unpaired) electrons. The highest BCUT2D eigenvalue weighted by molar-refractivity contribution is 5.83. The quantitative estimate of drug-likeness (QED) is 0.503. The Bertz CT molecular complexity index is 467. The molecule has 0 bridgehead atoms. The number of carbonyl (C=O) groups is 1. The molecule has 1 heterocycles. The van der Waals surface area contributed by atoms with Gasteiger partial charge in [0.1, 0.15) is 5.76 Å². The van der Waals surface area contributed by atoms with Crippen molar-refractivity contribution >= 4 is 11.9 Å². The molecule has 6 heteroatoms. The summed E-state index contributed by atoms with van der Waals surface area (Å²) in [5, 5.41) is 9.20. The lowest BCUT2D eigenvalue weighted by molar-refractivity contribution is -0.128. The fourth-order valence-electron chi connectivity index (χ4n) is 1.86. The normalized spacial score (nSPS) is 12.1. The lowest BCUT2D eigenvalue weighted by Gasteiger charge is -2.21. The van der Waals surface area contributed by atoms with Gasteiger partial charge in [-0.2, -0.15) is 0 Å². The number of nitrogens with one attached hydrogen (secondary N) is 3. The fourth-order valence-corrected chi connectivity index (χ4v) is 1.86. The van der Waals surface area contributed by atoms with Crippen LogP contribution in [0.4, 0.5) is 0 Å². The summed E-state index contributed by atoms with van der Waals surface area (Å²) < 4.78 is 5.30. The van der Waals surface area contributed by atoms with E-state index in [1.165, 1.54) is 0 Å². The zero-order chi connectivity index (χ0) is 16.4. The van der Waals surface area contributed by atoms with Crippen LogP contribution >= 0.6 is 0 Å². The van der Waals surface area contributed by atoms with Gasteiger partial charge in [-0.05, 0) is 32.4 Å². The van der Waals surface area contributed by atoms with E-state index < -0.39 is 5.41 Å². The van der Waals surface area contributed by atoms with Crippen LogP contribution in [0.5, 0.6) is 0 Å². The van der Waals surface area contributed by atoms with Gasteiger partial charge in [-0.1, -0.05) is 6.92 Å². The Morgan fingerprint density at radius 3 is 2.64 bits per heavy atom. The van der Waals surface area contributed by atoms with Crippen molar-refractivity contribution in [2.24, 2.45) is 10.4 Å². The zero-order valence-electron chi connectivity index (χ0n) is 14.0. The average Bonchev–Trinajstić information content (AvgIpc) is 3.01. The molecule has 0 aliphatic carbocycles. The molecule has 6 nitrogen and oxygen atoms in total. The summed E-state index contributed by atoms with van der Waals surface area (Å²) >= 11 is 0. The van der Waals surface area contributed by atoms with Crippen molar-refractivity contribution in [2.45, 2.75) is 33.6 Å². The SMILES string of the molecule is CCCNC(=NCC(C)(C)C(=O)NC)NCCc1ccco1. The highest BCUT2D eigenvalue weighted by Gasteiger charge is 2.26. The first kappa shape index (κ1) is 18.1. The minimum atomic E-state index is -0.531. The van der Waals surface area contributed by atoms with Gasteiger partial charge in [-0.3, -0.25) is 9.79 Å². The first-order chi connectivity index (χ1) is 10.5. The number of amides is 1. The van der Waals surface area contributed by atoms with Gasteiger partial charge in [0.15, 0.2) is 5.96 Å². The lowest BCUT2D eigenvalue weighted by Crippen LogP contribution is -2.41. The largest absolute Gasteiger partial charge is 0.469 e. The van der Waals surface area contributed by atoms with E-state index in [-0.39, 0.29) is 5.91 Å². The number of aliphatic imine (C=N–C) groups is 1. The van der Waals surface area contributed by atoms with Gasteiger partial charge < -0.3 is 20.4 Å². The van der Waals surface area contributed by atoms with E-state index in [1.807, 2.05) is 26.0 Å². The van der Waals surface area contributed by atoms with Crippen LogP contribution in [0, 0.1) is 5.41 Å². The van der Waals surface area contributed by atoms with Crippen molar-refractivity contribution < 1.29 is 9.21 Å². The van der Waals surface area contributed by atoms with E-state index in [0.717, 1.165) is 37.7 Å². The third kappa shape index (κ3) is 6.20. The van der Waals surface area contributed by atoms with Crippen LogP contribution in [0.25, 0.3) is 0 Å². The van der Waals surface area contributed by atoms with Crippen molar-refractivity contribution in [2.75, 3.05) is 26.7 Å². The molecular weight excluding hydrogens is 280 g/mol. The van der Waals surface area contributed by atoms with Crippen LogP contribution in [0.1, 0.15) is 33.0 Å². The molecule has 1 aromatic heterocycles. The van der Waals surface area contributed by atoms with Crippen molar-refractivity contribution in [3.05, 3.63) is 24.2 Å². The van der Waals surface area contributed by atoms with E-state index in [1.54, 1.807) is 13.3 Å². The Hall–Kier alpha value is -1.98. The highest BCUT2D eigenvalue weighted by Crippen LogP contribution is 2.15. The molecule has 0 saturated carbocycles. The van der Waals surface area contributed by atoms with Crippen LogP contribution in [0.15, 0.2) is 27.8 Å². The maximum atomic E-state index is 11.8. The second-order valence-corrected chi connectivity index (χ2v) is 5.81. The van der Waals surface area contributed by atoms with Gasteiger partial charge in [0.25, 0.3) is 0 Å². The molecule has 0 atom stereocenters. The summed E-state index contributed by atoms with van der Waals surface area (Å²) in [6, 6.07) is 3.83. The van der Waals surface area contributed by atoms with Gasteiger partial charge in [-0.15, -0.1) is 0 Å². The molecular formula is C16H28N4O2. The van der Waals surface area contributed by atoms with E-state index in [2.05, 4.69) is 27.9 Å². The van der Waals surface area contributed by atoms with Gasteiger partial charge in [-0.25, -0.2) is 0 Å². The van der Waals surface area contributed by atoms with Crippen LogP contribution in [0.2, 0.25) is 0 Å². The summed E-state index contributed by atoms with van der Waals surface area (Å²) in [5.74, 6) is 1.65. The number of carbonyl (C=O) groups excluding carboxylic acids is 1.